The summed E-state index contributed by atoms with van der Waals surface area (Å²) in [5, 5.41) is 9.04. The molecule has 0 amide bonds. The average molecular weight is 286 g/mol. The summed E-state index contributed by atoms with van der Waals surface area (Å²) in [4.78, 5) is 8.00. The fourth-order valence-corrected chi connectivity index (χ4v) is 3.69. The van der Waals surface area contributed by atoms with Gasteiger partial charge in [-0.2, -0.15) is 9.57 Å². The number of fused-ring (bicyclic) bond motifs is 1. The molecule has 0 spiro atoms. The molecule has 100 valence electrons. The van der Waals surface area contributed by atoms with Gasteiger partial charge in [-0.05, 0) is 12.1 Å². The van der Waals surface area contributed by atoms with E-state index in [1.807, 2.05) is 6.07 Å². The molecular formula is C13H10N4O2S. The van der Waals surface area contributed by atoms with Crippen LogP contribution in [0.15, 0.2) is 41.7 Å². The second kappa shape index (κ2) is 4.67. The highest BCUT2D eigenvalue weighted by Gasteiger charge is 2.32. The fourth-order valence-electron chi connectivity index (χ4n) is 2.16. The van der Waals surface area contributed by atoms with E-state index in [4.69, 9.17) is 5.26 Å². The van der Waals surface area contributed by atoms with Gasteiger partial charge in [0.15, 0.2) is 0 Å². The Hall–Kier alpha value is -2.30. The molecule has 2 heterocycles. The molecule has 0 unspecified atom stereocenters. The molecule has 3 rings (SSSR count). The van der Waals surface area contributed by atoms with Crippen molar-refractivity contribution in [2.24, 2.45) is 0 Å². The van der Waals surface area contributed by atoms with Gasteiger partial charge < -0.3 is 0 Å². The number of benzene rings is 1. The molecule has 0 bridgehead atoms. The SMILES string of the molecule is N#Cc1ccccc1S(=O)(=O)N1Cc2cncnc2C1. The van der Waals surface area contributed by atoms with Gasteiger partial charge in [0.25, 0.3) is 0 Å². The number of hydrogen-bond donors (Lipinski definition) is 0. The Morgan fingerprint density at radius 1 is 1.25 bits per heavy atom. The van der Waals surface area contributed by atoms with Gasteiger partial charge in [0.1, 0.15) is 12.4 Å². The second-order valence-electron chi connectivity index (χ2n) is 4.38. The summed E-state index contributed by atoms with van der Waals surface area (Å²) in [6, 6.07) is 8.10. The molecule has 0 radical (unpaired) electrons. The van der Waals surface area contributed by atoms with Crippen LogP contribution in [0.1, 0.15) is 16.8 Å². The topological polar surface area (TPSA) is 87.0 Å². The summed E-state index contributed by atoms with van der Waals surface area (Å²) in [5.41, 5.74) is 1.65. The molecular weight excluding hydrogens is 276 g/mol. The molecule has 0 saturated carbocycles. The smallest absolute Gasteiger partial charge is 0.244 e. The maximum absolute atomic E-state index is 12.6. The first-order valence-corrected chi connectivity index (χ1v) is 7.34. The summed E-state index contributed by atoms with van der Waals surface area (Å²) in [6.07, 6.45) is 3.02. The van der Waals surface area contributed by atoms with Gasteiger partial charge in [0.05, 0.1) is 22.7 Å². The molecule has 0 aliphatic carbocycles. The third-order valence-corrected chi connectivity index (χ3v) is 5.03. The lowest BCUT2D eigenvalue weighted by Crippen LogP contribution is -2.26. The van der Waals surface area contributed by atoms with Crippen molar-refractivity contribution in [3.8, 4) is 6.07 Å². The molecule has 7 heteroatoms. The highest BCUT2D eigenvalue weighted by atomic mass is 32.2. The maximum atomic E-state index is 12.6. The molecule has 0 saturated heterocycles. The molecule has 20 heavy (non-hydrogen) atoms. The quantitative estimate of drug-likeness (QED) is 0.823. The van der Waals surface area contributed by atoms with Crippen LogP contribution in [0.2, 0.25) is 0 Å². The third-order valence-electron chi connectivity index (χ3n) is 3.18. The number of sulfonamides is 1. The van der Waals surface area contributed by atoms with Crippen LogP contribution in [-0.2, 0) is 23.1 Å². The molecule has 1 aliphatic heterocycles. The van der Waals surface area contributed by atoms with Gasteiger partial charge in [-0.25, -0.2) is 18.4 Å². The predicted octanol–water partition coefficient (Wildman–Crippen LogP) is 1.05. The Labute approximate surface area is 116 Å². The van der Waals surface area contributed by atoms with E-state index in [9.17, 15) is 8.42 Å². The van der Waals surface area contributed by atoms with Crippen molar-refractivity contribution in [3.63, 3.8) is 0 Å². The lowest BCUT2D eigenvalue weighted by Gasteiger charge is -2.16. The van der Waals surface area contributed by atoms with Crippen LogP contribution in [0.4, 0.5) is 0 Å². The van der Waals surface area contributed by atoms with E-state index in [2.05, 4.69) is 9.97 Å². The summed E-state index contributed by atoms with van der Waals surface area (Å²) < 4.78 is 26.5. The van der Waals surface area contributed by atoms with Crippen LogP contribution >= 0.6 is 0 Å². The van der Waals surface area contributed by atoms with Crippen molar-refractivity contribution in [2.75, 3.05) is 0 Å². The summed E-state index contributed by atoms with van der Waals surface area (Å²) in [5.74, 6) is 0. The summed E-state index contributed by atoms with van der Waals surface area (Å²) >= 11 is 0. The van der Waals surface area contributed by atoms with Crippen LogP contribution < -0.4 is 0 Å². The third kappa shape index (κ3) is 1.95. The van der Waals surface area contributed by atoms with Crippen LogP contribution in [0.3, 0.4) is 0 Å². The standard InChI is InChI=1S/C13H10N4O2S/c14-5-10-3-1-2-4-13(10)20(18,19)17-7-11-6-15-9-16-12(11)8-17/h1-4,6,9H,7-8H2. The van der Waals surface area contributed by atoms with E-state index in [0.717, 1.165) is 5.56 Å². The minimum Gasteiger partial charge on any atom is -0.244 e. The number of hydrogen-bond acceptors (Lipinski definition) is 5. The van der Waals surface area contributed by atoms with Crippen LogP contribution in [0.5, 0.6) is 0 Å². The van der Waals surface area contributed by atoms with Gasteiger partial charge in [-0.15, -0.1) is 0 Å². The minimum atomic E-state index is -3.71. The largest absolute Gasteiger partial charge is 0.245 e. The van der Waals surface area contributed by atoms with Gasteiger partial charge >= 0.3 is 0 Å². The number of aromatic nitrogens is 2. The molecule has 6 nitrogen and oxygen atoms in total. The van der Waals surface area contributed by atoms with Gasteiger partial charge in [-0.1, -0.05) is 12.1 Å². The number of nitrogens with zero attached hydrogens (tertiary/aromatic N) is 4. The van der Waals surface area contributed by atoms with E-state index in [1.54, 1.807) is 18.3 Å². The first kappa shape index (κ1) is 12.7. The maximum Gasteiger partial charge on any atom is 0.245 e. The van der Waals surface area contributed by atoms with Crippen molar-refractivity contribution in [1.82, 2.24) is 14.3 Å². The van der Waals surface area contributed by atoms with Crippen molar-refractivity contribution < 1.29 is 8.42 Å². The van der Waals surface area contributed by atoms with Gasteiger partial charge in [0.2, 0.25) is 10.0 Å². The summed E-state index contributed by atoms with van der Waals surface area (Å²) in [6.45, 7) is 0.443. The van der Waals surface area contributed by atoms with E-state index in [1.165, 1.54) is 22.8 Å². The Bertz CT molecular complexity index is 786. The van der Waals surface area contributed by atoms with Crippen LogP contribution in [-0.4, -0.2) is 22.7 Å². The monoisotopic (exact) mass is 286 g/mol. The van der Waals surface area contributed by atoms with E-state index in [0.29, 0.717) is 5.69 Å². The molecule has 1 aromatic carbocycles. The molecule has 1 aromatic heterocycles. The van der Waals surface area contributed by atoms with Crippen LogP contribution in [0, 0.1) is 11.3 Å². The molecule has 2 aromatic rings. The first-order valence-electron chi connectivity index (χ1n) is 5.90. The van der Waals surface area contributed by atoms with E-state index < -0.39 is 10.0 Å². The van der Waals surface area contributed by atoms with E-state index >= 15 is 0 Å². The minimum absolute atomic E-state index is 0.0308. The average Bonchev–Trinajstić information content (AvgIpc) is 2.92. The lowest BCUT2D eigenvalue weighted by atomic mass is 10.2. The predicted molar refractivity (Wildman–Crippen MR) is 69.6 cm³/mol. The number of nitriles is 1. The Balaban J connectivity index is 2.02. The zero-order valence-electron chi connectivity index (χ0n) is 10.4. The van der Waals surface area contributed by atoms with Crippen LogP contribution in [0.25, 0.3) is 0 Å². The Kier molecular flexibility index (Phi) is 2.97. The van der Waals surface area contributed by atoms with Crippen molar-refractivity contribution >= 4 is 10.0 Å². The second-order valence-corrected chi connectivity index (χ2v) is 6.28. The normalized spacial score (nSPS) is 14.8. The molecule has 0 N–H and O–H groups in total. The molecule has 1 aliphatic rings. The fraction of sp³-hybridized carbons (Fsp3) is 0.154. The van der Waals surface area contributed by atoms with Crippen molar-refractivity contribution in [2.45, 2.75) is 18.0 Å². The molecule has 0 fully saturated rings. The number of rotatable bonds is 2. The first-order chi connectivity index (χ1) is 9.63. The Morgan fingerprint density at radius 2 is 2.05 bits per heavy atom. The van der Waals surface area contributed by atoms with Gasteiger partial charge in [-0.3, -0.25) is 0 Å². The Morgan fingerprint density at radius 3 is 2.80 bits per heavy atom. The van der Waals surface area contributed by atoms with E-state index in [-0.39, 0.29) is 23.5 Å². The highest BCUT2D eigenvalue weighted by molar-refractivity contribution is 7.89. The van der Waals surface area contributed by atoms with Crippen molar-refractivity contribution in [3.05, 3.63) is 53.6 Å². The molecule has 0 atom stereocenters. The summed E-state index contributed by atoms with van der Waals surface area (Å²) in [7, 11) is -3.71. The lowest BCUT2D eigenvalue weighted by molar-refractivity contribution is 0.429. The highest BCUT2D eigenvalue weighted by Crippen LogP contribution is 2.28. The van der Waals surface area contributed by atoms with Crippen molar-refractivity contribution in [1.29, 1.82) is 5.26 Å². The zero-order chi connectivity index (χ0) is 14.2. The zero-order valence-corrected chi connectivity index (χ0v) is 11.2. The van der Waals surface area contributed by atoms with Gasteiger partial charge in [0, 0.05) is 18.3 Å².